The minimum absolute atomic E-state index is 0.0578. The van der Waals surface area contributed by atoms with Crippen molar-refractivity contribution in [1.29, 1.82) is 0 Å². The van der Waals surface area contributed by atoms with Gasteiger partial charge in [0.1, 0.15) is 18.1 Å². The van der Waals surface area contributed by atoms with Gasteiger partial charge in [-0.2, -0.15) is 28.1 Å². The van der Waals surface area contributed by atoms with Crippen molar-refractivity contribution in [3.63, 3.8) is 0 Å². The van der Waals surface area contributed by atoms with Crippen molar-refractivity contribution < 1.29 is 46.5 Å². The number of alkyl halides is 3. The number of rotatable bonds is 20. The number of hydrogen-bond acceptors (Lipinski definition) is 11. The fraction of sp³-hybridized carbons (Fsp3) is 0.484. The van der Waals surface area contributed by atoms with Gasteiger partial charge in [-0.15, -0.1) is 0 Å². The second kappa shape index (κ2) is 18.1. The van der Waals surface area contributed by atoms with E-state index in [1.165, 1.54) is 12.1 Å². The molecule has 258 valence electrons. The van der Waals surface area contributed by atoms with Gasteiger partial charge >= 0.3 is 12.2 Å². The van der Waals surface area contributed by atoms with E-state index in [4.69, 9.17) is 18.9 Å². The SMILES string of the molecule is CCCOCCOCCOc1cc(Nc2nc(NCc3ccc(O)cc3)nc(OCC(F)(F)F)n2)ccc1C(=O)NCC[N+](C)(C)C. The summed E-state index contributed by atoms with van der Waals surface area (Å²) in [7, 11) is 6.05. The molecule has 4 N–H and O–H groups in total. The number of phenols is 1. The number of aromatic hydroxyl groups is 1. The van der Waals surface area contributed by atoms with E-state index in [0.29, 0.717) is 43.1 Å². The van der Waals surface area contributed by atoms with Gasteiger partial charge in [0.15, 0.2) is 6.61 Å². The number of quaternary nitrogens is 1. The third-order valence-corrected chi connectivity index (χ3v) is 6.12. The maximum atomic E-state index is 13.1. The highest BCUT2D eigenvalue weighted by Gasteiger charge is 2.29. The van der Waals surface area contributed by atoms with Gasteiger partial charge in [0.05, 0.1) is 59.6 Å². The van der Waals surface area contributed by atoms with Crippen molar-refractivity contribution in [1.82, 2.24) is 20.3 Å². The first-order chi connectivity index (χ1) is 22.3. The van der Waals surface area contributed by atoms with Crippen LogP contribution in [0, 0.1) is 0 Å². The molecule has 1 heterocycles. The monoisotopic (exact) mass is 666 g/mol. The smallest absolute Gasteiger partial charge is 0.422 e. The lowest BCUT2D eigenvalue weighted by Crippen LogP contribution is -2.41. The molecule has 3 aromatic rings. The summed E-state index contributed by atoms with van der Waals surface area (Å²) < 4.78 is 61.0. The van der Waals surface area contributed by atoms with Gasteiger partial charge in [-0.25, -0.2) is 0 Å². The van der Waals surface area contributed by atoms with Crippen molar-refractivity contribution in [2.75, 3.05) is 84.5 Å². The average molecular weight is 667 g/mol. The molecule has 1 amide bonds. The Hall–Kier alpha value is -4.41. The summed E-state index contributed by atoms with van der Waals surface area (Å²) in [6, 6.07) is 10.5. The predicted molar refractivity (Wildman–Crippen MR) is 169 cm³/mol. The van der Waals surface area contributed by atoms with Crippen molar-refractivity contribution in [3.05, 3.63) is 53.6 Å². The Balaban J connectivity index is 1.79. The van der Waals surface area contributed by atoms with E-state index in [0.717, 1.165) is 12.0 Å². The van der Waals surface area contributed by atoms with E-state index in [2.05, 4.69) is 30.9 Å². The van der Waals surface area contributed by atoms with Crippen LogP contribution in [0.15, 0.2) is 42.5 Å². The summed E-state index contributed by atoms with van der Waals surface area (Å²) in [4.78, 5) is 25.3. The third kappa shape index (κ3) is 14.7. The van der Waals surface area contributed by atoms with Crippen LogP contribution in [-0.2, 0) is 16.0 Å². The summed E-state index contributed by atoms with van der Waals surface area (Å²) in [5, 5.41) is 18.3. The van der Waals surface area contributed by atoms with E-state index in [9.17, 15) is 23.1 Å². The van der Waals surface area contributed by atoms with Crippen LogP contribution in [-0.4, -0.2) is 110 Å². The Morgan fingerprint density at radius 3 is 2.26 bits per heavy atom. The number of carbonyl (C=O) groups is 1. The Kier molecular flexibility index (Phi) is 14.2. The molecule has 0 fully saturated rings. The van der Waals surface area contributed by atoms with Crippen molar-refractivity contribution in [2.45, 2.75) is 26.1 Å². The molecule has 3 rings (SSSR count). The number of halogens is 3. The van der Waals surface area contributed by atoms with E-state index >= 15 is 0 Å². The topological polar surface area (TPSA) is 149 Å². The summed E-state index contributed by atoms with van der Waals surface area (Å²) >= 11 is 0. The van der Waals surface area contributed by atoms with Crippen molar-refractivity contribution >= 4 is 23.5 Å². The zero-order valence-corrected chi connectivity index (χ0v) is 27.0. The number of nitrogens with one attached hydrogen (secondary N) is 3. The summed E-state index contributed by atoms with van der Waals surface area (Å²) in [5.74, 6) is -0.178. The Labute approximate surface area is 272 Å². The maximum Gasteiger partial charge on any atom is 0.422 e. The molecule has 0 atom stereocenters. The number of hydrogen-bond donors (Lipinski definition) is 4. The van der Waals surface area contributed by atoms with Crippen molar-refractivity contribution in [3.8, 4) is 17.5 Å². The largest absolute Gasteiger partial charge is 0.508 e. The number of phenolic OH excluding ortho intramolecular Hbond substituents is 1. The van der Waals surface area contributed by atoms with Gasteiger partial charge in [0, 0.05) is 24.9 Å². The fourth-order valence-electron chi connectivity index (χ4n) is 3.81. The molecule has 0 radical (unpaired) electrons. The number of amides is 1. The molecule has 0 spiro atoms. The first kappa shape index (κ1) is 37.1. The van der Waals surface area contributed by atoms with Crippen LogP contribution in [0.1, 0.15) is 29.3 Å². The molecule has 16 heteroatoms. The minimum Gasteiger partial charge on any atom is -0.508 e. The van der Waals surface area contributed by atoms with E-state index in [-0.39, 0.29) is 54.6 Å². The number of ether oxygens (including phenoxy) is 4. The lowest BCUT2D eigenvalue weighted by molar-refractivity contribution is -0.869. The first-order valence-corrected chi connectivity index (χ1v) is 15.1. The number of likely N-dealkylation sites (N-methyl/N-ethyl adjacent to an activating group) is 1. The van der Waals surface area contributed by atoms with Crippen molar-refractivity contribution in [2.24, 2.45) is 0 Å². The molecule has 0 saturated carbocycles. The number of carbonyl (C=O) groups excluding carboxylic acids is 1. The number of anilines is 3. The molecule has 47 heavy (non-hydrogen) atoms. The molecule has 1 aromatic heterocycles. The summed E-state index contributed by atoms with van der Waals surface area (Å²) in [5.41, 5.74) is 1.42. The van der Waals surface area contributed by atoms with E-state index in [1.807, 2.05) is 28.1 Å². The molecule has 0 bridgehead atoms. The van der Waals surface area contributed by atoms with Crippen LogP contribution < -0.4 is 25.4 Å². The number of nitrogens with zero attached hydrogens (tertiary/aromatic N) is 4. The zero-order chi connectivity index (χ0) is 34.3. The van der Waals surface area contributed by atoms with Gasteiger partial charge in [0.25, 0.3) is 5.91 Å². The molecule has 0 saturated heterocycles. The molecule has 0 aliphatic heterocycles. The molecule has 13 nitrogen and oxygen atoms in total. The van der Waals surface area contributed by atoms with Crippen LogP contribution >= 0.6 is 0 Å². The normalized spacial score (nSPS) is 11.6. The molecule has 0 aliphatic rings. The molecule has 2 aromatic carbocycles. The van der Waals surface area contributed by atoms with Gasteiger partial charge in [-0.3, -0.25) is 4.79 Å². The second-order valence-corrected chi connectivity index (χ2v) is 11.4. The maximum absolute atomic E-state index is 13.1. The minimum atomic E-state index is -4.61. The van der Waals surface area contributed by atoms with Crippen LogP contribution in [0.2, 0.25) is 0 Å². The molecular formula is C31H43F3N7O6+. The van der Waals surface area contributed by atoms with Crippen LogP contribution in [0.5, 0.6) is 17.5 Å². The van der Waals surface area contributed by atoms with Gasteiger partial charge in [-0.05, 0) is 36.2 Å². The quantitative estimate of drug-likeness (QED) is 0.102. The number of benzene rings is 2. The number of aromatic nitrogens is 3. The van der Waals surface area contributed by atoms with Gasteiger partial charge in [-0.1, -0.05) is 19.1 Å². The lowest BCUT2D eigenvalue weighted by atomic mass is 10.1. The average Bonchev–Trinajstić information content (AvgIpc) is 3.00. The summed E-state index contributed by atoms with van der Waals surface area (Å²) in [6.07, 6.45) is -3.70. The zero-order valence-electron chi connectivity index (χ0n) is 27.0. The standard InChI is InChI=1S/C31H42F3N7O6/c1-5-14-44-15-16-45-17-18-46-26-19-23(8-11-25(26)27(43)35-12-13-41(2,3)4)37-29-38-28(36-20-22-6-9-24(42)10-7-22)39-30(40-29)47-21-31(32,33)34/h6-11,19H,5,12-18,20-21H2,1-4H3,(H3-,35,36,37,38,39,40,42,43)/p+1. The first-order valence-electron chi connectivity index (χ1n) is 15.1. The van der Waals surface area contributed by atoms with Gasteiger partial charge < -0.3 is 44.5 Å². The predicted octanol–water partition coefficient (Wildman–Crippen LogP) is 4.13. The highest BCUT2D eigenvalue weighted by Crippen LogP contribution is 2.26. The molecule has 0 unspecified atom stereocenters. The van der Waals surface area contributed by atoms with Crippen LogP contribution in [0.3, 0.4) is 0 Å². The lowest BCUT2D eigenvalue weighted by Gasteiger charge is -2.24. The van der Waals surface area contributed by atoms with Crippen LogP contribution in [0.4, 0.5) is 30.8 Å². The highest BCUT2D eigenvalue weighted by molar-refractivity contribution is 5.97. The van der Waals surface area contributed by atoms with Gasteiger partial charge in [0.2, 0.25) is 11.9 Å². The van der Waals surface area contributed by atoms with E-state index < -0.39 is 18.8 Å². The molecule has 0 aliphatic carbocycles. The fourth-order valence-corrected chi connectivity index (χ4v) is 3.81. The Morgan fingerprint density at radius 1 is 0.894 bits per heavy atom. The molecular weight excluding hydrogens is 623 g/mol. The highest BCUT2D eigenvalue weighted by atomic mass is 19.4. The summed E-state index contributed by atoms with van der Waals surface area (Å²) in [6.45, 7) is 3.66. The second-order valence-electron chi connectivity index (χ2n) is 11.4. The third-order valence-electron chi connectivity index (χ3n) is 6.12. The van der Waals surface area contributed by atoms with Crippen LogP contribution in [0.25, 0.3) is 0 Å². The Morgan fingerprint density at radius 2 is 1.57 bits per heavy atom. The van der Waals surface area contributed by atoms with E-state index in [1.54, 1.807) is 30.3 Å². The Bertz CT molecular complexity index is 1410.